The fourth-order valence-corrected chi connectivity index (χ4v) is 5.28. The molecule has 1 saturated heterocycles. The van der Waals surface area contributed by atoms with Gasteiger partial charge in [0.05, 0.1) is 19.0 Å². The summed E-state index contributed by atoms with van der Waals surface area (Å²) in [6, 6.07) is 2.13. The second-order valence-corrected chi connectivity index (χ2v) is 9.18. The minimum Gasteiger partial charge on any atom is -0.471 e. The van der Waals surface area contributed by atoms with Gasteiger partial charge < -0.3 is 19.1 Å². The number of carbonyl (C=O) groups excluding carboxylic acids is 1. The molecule has 9 nitrogen and oxygen atoms in total. The molecule has 0 atom stereocenters. The SMILES string of the molecule is CCCc1cc2c(N3CCn4c(nnc4C(F)(F)F)C3)nc(N3CCCC3)nc2s1.COC=O. The van der Waals surface area contributed by atoms with Gasteiger partial charge in [0, 0.05) is 31.1 Å². The number of anilines is 2. The lowest BCUT2D eigenvalue weighted by atomic mass is 10.2. The second kappa shape index (κ2) is 10.1. The van der Waals surface area contributed by atoms with Gasteiger partial charge in [-0.25, -0.2) is 4.98 Å². The van der Waals surface area contributed by atoms with E-state index in [2.05, 4.69) is 32.8 Å². The fraction of sp³-hybridized carbons (Fsp3) is 0.571. The fourth-order valence-electron chi connectivity index (χ4n) is 4.16. The summed E-state index contributed by atoms with van der Waals surface area (Å²) in [5, 5.41) is 8.17. The Morgan fingerprint density at radius 2 is 1.85 bits per heavy atom. The summed E-state index contributed by atoms with van der Waals surface area (Å²) in [6.07, 6.45) is -0.240. The minimum atomic E-state index is -4.50. The number of hydrogen-bond donors (Lipinski definition) is 0. The van der Waals surface area contributed by atoms with E-state index in [4.69, 9.17) is 14.8 Å². The van der Waals surface area contributed by atoms with Gasteiger partial charge in [0.15, 0.2) is 5.82 Å². The van der Waals surface area contributed by atoms with Crippen molar-refractivity contribution in [3.8, 4) is 0 Å². The summed E-state index contributed by atoms with van der Waals surface area (Å²) in [4.78, 5) is 25.0. The molecule has 0 radical (unpaired) electrons. The van der Waals surface area contributed by atoms with E-state index in [0.29, 0.717) is 24.8 Å². The molecule has 5 rings (SSSR count). The zero-order valence-electron chi connectivity index (χ0n) is 19.0. The zero-order chi connectivity index (χ0) is 24.3. The molecule has 0 N–H and O–H groups in total. The Morgan fingerprint density at radius 3 is 2.50 bits per heavy atom. The van der Waals surface area contributed by atoms with E-state index in [1.54, 1.807) is 11.3 Å². The zero-order valence-corrected chi connectivity index (χ0v) is 19.8. The Kier molecular flexibility index (Phi) is 7.19. The highest BCUT2D eigenvalue weighted by molar-refractivity contribution is 7.18. The van der Waals surface area contributed by atoms with Crippen molar-refractivity contribution in [3.63, 3.8) is 0 Å². The Morgan fingerprint density at radius 1 is 1.12 bits per heavy atom. The van der Waals surface area contributed by atoms with Crippen molar-refractivity contribution in [2.75, 3.05) is 36.5 Å². The number of ether oxygens (including phenoxy) is 1. The molecule has 0 amide bonds. The van der Waals surface area contributed by atoms with Crippen molar-refractivity contribution in [2.45, 2.75) is 51.9 Å². The molecule has 0 bridgehead atoms. The van der Waals surface area contributed by atoms with Gasteiger partial charge in [-0.05, 0) is 25.3 Å². The van der Waals surface area contributed by atoms with Crippen LogP contribution in [0, 0.1) is 0 Å². The Balaban J connectivity index is 0.000000636. The van der Waals surface area contributed by atoms with Gasteiger partial charge in [0.1, 0.15) is 10.6 Å². The molecule has 0 aromatic carbocycles. The van der Waals surface area contributed by atoms with Crippen molar-refractivity contribution in [2.24, 2.45) is 0 Å². The molecule has 1 fully saturated rings. The smallest absolute Gasteiger partial charge is 0.451 e. The predicted octanol–water partition coefficient (Wildman–Crippen LogP) is 3.66. The van der Waals surface area contributed by atoms with Crippen LogP contribution in [0.1, 0.15) is 42.7 Å². The van der Waals surface area contributed by atoms with Crippen molar-refractivity contribution in [1.82, 2.24) is 24.7 Å². The molecule has 0 saturated carbocycles. The number of fused-ring (bicyclic) bond motifs is 2. The maximum Gasteiger partial charge on any atom is 0.451 e. The monoisotopic (exact) mass is 497 g/mol. The number of alkyl halides is 3. The molecule has 2 aliphatic heterocycles. The van der Waals surface area contributed by atoms with Gasteiger partial charge in [0.2, 0.25) is 11.8 Å². The molecule has 3 aromatic rings. The van der Waals surface area contributed by atoms with Gasteiger partial charge in [-0.2, -0.15) is 18.2 Å². The van der Waals surface area contributed by atoms with Crippen molar-refractivity contribution < 1.29 is 22.7 Å². The third kappa shape index (κ3) is 4.93. The standard InChI is InChI=1S/C19H22F3N7S.C2H4O2/c1-2-5-12-10-13-15(23-18(24-16(13)30-12)27-6-3-4-7-27)28-8-9-29-14(11-28)25-26-17(29)19(20,21)22;1-4-2-3/h10H,2-9,11H2,1H3;2H,1H3. The molecule has 0 unspecified atom stereocenters. The highest BCUT2D eigenvalue weighted by Crippen LogP contribution is 2.36. The number of hydrogen-bond acceptors (Lipinski definition) is 9. The van der Waals surface area contributed by atoms with E-state index in [0.717, 1.165) is 54.8 Å². The summed E-state index contributed by atoms with van der Waals surface area (Å²) in [5.74, 6) is 0.877. The maximum atomic E-state index is 13.2. The molecular weight excluding hydrogens is 471 g/mol. The molecule has 34 heavy (non-hydrogen) atoms. The summed E-state index contributed by atoms with van der Waals surface area (Å²) >= 11 is 1.68. The third-order valence-electron chi connectivity index (χ3n) is 5.70. The lowest BCUT2D eigenvalue weighted by molar-refractivity contribution is -0.147. The molecule has 5 heterocycles. The van der Waals surface area contributed by atoms with E-state index < -0.39 is 12.0 Å². The quantitative estimate of drug-likeness (QED) is 0.494. The van der Waals surface area contributed by atoms with Crippen molar-refractivity contribution in [3.05, 3.63) is 22.6 Å². The average Bonchev–Trinajstić information content (AvgIpc) is 3.56. The van der Waals surface area contributed by atoms with Gasteiger partial charge in [-0.3, -0.25) is 4.79 Å². The van der Waals surface area contributed by atoms with Crippen LogP contribution in [0.3, 0.4) is 0 Å². The lowest BCUT2D eigenvalue weighted by Crippen LogP contribution is -2.36. The first kappa shape index (κ1) is 24.2. The molecule has 184 valence electrons. The van der Waals surface area contributed by atoms with Crippen LogP contribution in [0.25, 0.3) is 10.2 Å². The first-order valence-electron chi connectivity index (χ1n) is 11.1. The van der Waals surface area contributed by atoms with Gasteiger partial charge in [-0.15, -0.1) is 21.5 Å². The van der Waals surface area contributed by atoms with E-state index in [-0.39, 0.29) is 13.1 Å². The van der Waals surface area contributed by atoms with Crippen LogP contribution in [0.4, 0.5) is 24.9 Å². The summed E-state index contributed by atoms with van der Waals surface area (Å²) in [5.41, 5.74) is 0. The number of nitrogens with zero attached hydrogens (tertiary/aromatic N) is 7. The Hall–Kier alpha value is -2.96. The highest BCUT2D eigenvalue weighted by Gasteiger charge is 2.39. The summed E-state index contributed by atoms with van der Waals surface area (Å²) < 4.78 is 44.6. The first-order chi connectivity index (χ1) is 16.4. The molecule has 2 aliphatic rings. The number of halogens is 3. The van der Waals surface area contributed by atoms with Crippen LogP contribution in [-0.4, -0.2) is 57.9 Å². The van der Waals surface area contributed by atoms with Crippen molar-refractivity contribution >= 4 is 39.8 Å². The Bertz CT molecular complexity index is 1140. The second-order valence-electron chi connectivity index (χ2n) is 8.07. The van der Waals surface area contributed by atoms with Crippen LogP contribution < -0.4 is 9.80 Å². The molecule has 3 aromatic heterocycles. The largest absolute Gasteiger partial charge is 0.471 e. The minimum absolute atomic E-state index is 0.174. The first-order valence-corrected chi connectivity index (χ1v) is 11.9. The number of aromatic nitrogens is 5. The van der Waals surface area contributed by atoms with Crippen LogP contribution in [0.2, 0.25) is 0 Å². The van der Waals surface area contributed by atoms with Crippen LogP contribution in [0.15, 0.2) is 6.07 Å². The van der Waals surface area contributed by atoms with Crippen LogP contribution in [0.5, 0.6) is 0 Å². The highest BCUT2D eigenvalue weighted by atomic mass is 32.1. The van der Waals surface area contributed by atoms with Gasteiger partial charge in [-0.1, -0.05) is 13.3 Å². The van der Waals surface area contributed by atoms with E-state index in [1.165, 1.54) is 16.6 Å². The van der Waals surface area contributed by atoms with Gasteiger partial charge in [0.25, 0.3) is 6.47 Å². The maximum absolute atomic E-state index is 13.2. The van der Waals surface area contributed by atoms with E-state index in [1.807, 2.05) is 4.90 Å². The van der Waals surface area contributed by atoms with Crippen LogP contribution in [-0.2, 0) is 35.2 Å². The van der Waals surface area contributed by atoms with Crippen LogP contribution >= 0.6 is 11.3 Å². The molecule has 0 spiro atoms. The number of thiophene rings is 1. The number of aryl methyl sites for hydroxylation is 1. The molecule has 0 aliphatic carbocycles. The Labute approximate surface area is 198 Å². The molecular formula is C21H26F3N7O2S. The van der Waals surface area contributed by atoms with Gasteiger partial charge >= 0.3 is 6.18 Å². The summed E-state index contributed by atoms with van der Waals surface area (Å²) in [7, 11) is 1.31. The van der Waals surface area contributed by atoms with E-state index in [9.17, 15) is 13.2 Å². The van der Waals surface area contributed by atoms with Crippen molar-refractivity contribution in [1.29, 1.82) is 0 Å². The van der Waals surface area contributed by atoms with E-state index >= 15 is 0 Å². The summed E-state index contributed by atoms with van der Waals surface area (Å²) in [6.45, 7) is 5.21. The average molecular weight is 498 g/mol. The lowest BCUT2D eigenvalue weighted by Gasteiger charge is -2.30. The number of methoxy groups -OCH3 is 1. The number of rotatable bonds is 5. The topological polar surface area (TPSA) is 89.3 Å². The normalized spacial score (nSPS) is 15.8. The number of carbonyl (C=O) groups is 1. The molecule has 13 heteroatoms. The third-order valence-corrected chi connectivity index (χ3v) is 6.79. The predicted molar refractivity (Wildman–Crippen MR) is 122 cm³/mol.